The molecule has 1 fully saturated rings. The quantitative estimate of drug-likeness (QED) is 0.821. The van der Waals surface area contributed by atoms with Crippen LogP contribution in [0.3, 0.4) is 0 Å². The van der Waals surface area contributed by atoms with Gasteiger partial charge in [0.2, 0.25) is 15.0 Å². The molecule has 0 bridgehead atoms. The van der Waals surface area contributed by atoms with Gasteiger partial charge in [-0.15, -0.1) is 0 Å². The van der Waals surface area contributed by atoms with E-state index < -0.39 is 15.1 Å². The van der Waals surface area contributed by atoms with Gasteiger partial charge in [-0.2, -0.15) is 0 Å². The predicted molar refractivity (Wildman–Crippen MR) is 80.6 cm³/mol. The van der Waals surface area contributed by atoms with Gasteiger partial charge in [-0.3, -0.25) is 4.79 Å². The Morgan fingerprint density at radius 3 is 2.57 bits per heavy atom. The molecule has 0 aromatic carbocycles. The highest BCUT2D eigenvalue weighted by atomic mass is 32.2. The predicted octanol–water partition coefficient (Wildman–Crippen LogP) is 0.795. The number of carbonyl (C=O) groups is 1. The number of aromatic nitrogens is 3. The van der Waals surface area contributed by atoms with Gasteiger partial charge in [0.05, 0.1) is 11.4 Å². The number of carbonyl (C=O) groups excluding carboxylic acids is 1. The van der Waals surface area contributed by atoms with Crippen molar-refractivity contribution in [3.63, 3.8) is 0 Å². The zero-order chi connectivity index (χ0) is 16.6. The van der Waals surface area contributed by atoms with E-state index in [0.29, 0.717) is 37.3 Å². The lowest BCUT2D eigenvalue weighted by atomic mass is 10.1. The minimum Gasteiger partial charge on any atom is -0.361 e. The molecule has 0 N–H and O–H groups in total. The number of hydrogen-bond donors (Lipinski definition) is 0. The smallest absolute Gasteiger partial charge is 0.259 e. The molecule has 3 rings (SSSR count). The molecule has 23 heavy (non-hydrogen) atoms. The van der Waals surface area contributed by atoms with Crippen molar-refractivity contribution in [3.8, 4) is 0 Å². The standard InChI is InChI=1S/C14H18N4O4S/c1-10-12(9-16-22-10)13(19)18-6-3-11(4-7-18)23(20,21)14-15-5-8-17(14)2/h5,8-9,11H,3-4,6-7H2,1-2H3. The number of aryl methyl sites for hydroxylation is 2. The van der Waals surface area contributed by atoms with Gasteiger partial charge in [-0.05, 0) is 19.8 Å². The van der Waals surface area contributed by atoms with E-state index in [-0.39, 0.29) is 11.1 Å². The first-order valence-corrected chi connectivity index (χ1v) is 8.87. The summed E-state index contributed by atoms with van der Waals surface area (Å²) in [6, 6.07) is 0. The van der Waals surface area contributed by atoms with Crippen molar-refractivity contribution < 1.29 is 17.7 Å². The van der Waals surface area contributed by atoms with Gasteiger partial charge in [0.15, 0.2) is 0 Å². The number of amides is 1. The summed E-state index contributed by atoms with van der Waals surface area (Å²) in [7, 11) is -1.82. The maximum atomic E-state index is 12.6. The molecule has 3 heterocycles. The fourth-order valence-corrected chi connectivity index (χ4v) is 4.62. The third kappa shape index (κ3) is 2.76. The van der Waals surface area contributed by atoms with Crippen molar-refractivity contribution in [1.82, 2.24) is 19.6 Å². The number of hydrogen-bond acceptors (Lipinski definition) is 6. The van der Waals surface area contributed by atoms with Crippen LogP contribution in [-0.2, 0) is 16.9 Å². The maximum absolute atomic E-state index is 12.6. The Labute approximate surface area is 134 Å². The lowest BCUT2D eigenvalue weighted by Gasteiger charge is -2.31. The second kappa shape index (κ2) is 5.80. The van der Waals surface area contributed by atoms with Crippen molar-refractivity contribution in [1.29, 1.82) is 0 Å². The Balaban J connectivity index is 1.71. The highest BCUT2D eigenvalue weighted by molar-refractivity contribution is 7.91. The van der Waals surface area contributed by atoms with Crippen molar-refractivity contribution in [3.05, 3.63) is 29.9 Å². The SMILES string of the molecule is Cc1oncc1C(=O)N1CCC(S(=O)(=O)c2nccn2C)CC1. The van der Waals surface area contributed by atoms with Crippen LogP contribution in [0.15, 0.2) is 28.3 Å². The van der Waals surface area contributed by atoms with Crippen LogP contribution in [0.1, 0.15) is 29.0 Å². The number of imidazole rings is 1. The van der Waals surface area contributed by atoms with E-state index in [4.69, 9.17) is 4.52 Å². The summed E-state index contributed by atoms with van der Waals surface area (Å²) in [5, 5.41) is 3.17. The molecule has 1 aliphatic heterocycles. The molecule has 1 amide bonds. The van der Waals surface area contributed by atoms with Gasteiger partial charge in [0.25, 0.3) is 5.91 Å². The summed E-state index contributed by atoms with van der Waals surface area (Å²) >= 11 is 0. The van der Waals surface area contributed by atoms with E-state index in [1.807, 2.05) is 0 Å². The van der Waals surface area contributed by atoms with E-state index >= 15 is 0 Å². The Kier molecular flexibility index (Phi) is 3.97. The van der Waals surface area contributed by atoms with Gasteiger partial charge in [0.1, 0.15) is 11.3 Å². The van der Waals surface area contributed by atoms with Crippen LogP contribution in [0.2, 0.25) is 0 Å². The highest BCUT2D eigenvalue weighted by Gasteiger charge is 2.35. The second-order valence-corrected chi connectivity index (χ2v) is 7.77. The zero-order valence-corrected chi connectivity index (χ0v) is 13.8. The monoisotopic (exact) mass is 338 g/mol. The van der Waals surface area contributed by atoms with Crippen molar-refractivity contribution in [2.75, 3.05) is 13.1 Å². The minimum atomic E-state index is -3.48. The normalized spacial score (nSPS) is 16.7. The fraction of sp³-hybridized carbons (Fsp3) is 0.500. The molecule has 1 saturated heterocycles. The summed E-state index contributed by atoms with van der Waals surface area (Å²) in [5.41, 5.74) is 0.426. The average molecular weight is 338 g/mol. The molecular weight excluding hydrogens is 320 g/mol. The van der Waals surface area contributed by atoms with Crippen LogP contribution >= 0.6 is 0 Å². The third-order valence-corrected chi connectivity index (χ3v) is 6.43. The summed E-state index contributed by atoms with van der Waals surface area (Å²) in [6.45, 7) is 2.45. The Bertz CT molecular complexity index is 815. The van der Waals surface area contributed by atoms with Gasteiger partial charge >= 0.3 is 0 Å². The molecular formula is C14H18N4O4S. The van der Waals surface area contributed by atoms with Crippen molar-refractivity contribution in [2.45, 2.75) is 30.2 Å². The average Bonchev–Trinajstić information content (AvgIpc) is 3.15. The largest absolute Gasteiger partial charge is 0.361 e. The van der Waals surface area contributed by atoms with Crippen molar-refractivity contribution in [2.24, 2.45) is 7.05 Å². The molecule has 8 nitrogen and oxygen atoms in total. The Morgan fingerprint density at radius 1 is 1.35 bits per heavy atom. The van der Waals surface area contributed by atoms with Gasteiger partial charge in [-0.25, -0.2) is 13.4 Å². The first-order chi connectivity index (χ1) is 10.9. The van der Waals surface area contributed by atoms with Gasteiger partial charge in [0, 0.05) is 32.5 Å². The van der Waals surface area contributed by atoms with Gasteiger partial charge in [-0.1, -0.05) is 5.16 Å². The molecule has 0 aliphatic carbocycles. The van der Waals surface area contributed by atoms with Crippen LogP contribution in [0.25, 0.3) is 0 Å². The van der Waals surface area contributed by atoms with Crippen LogP contribution in [-0.4, -0.2) is 52.3 Å². The number of rotatable bonds is 3. The topological polar surface area (TPSA) is 98.3 Å². The first kappa shape index (κ1) is 15.7. The first-order valence-electron chi connectivity index (χ1n) is 7.33. The number of sulfone groups is 1. The molecule has 2 aromatic rings. The molecule has 1 aliphatic rings. The fourth-order valence-electron chi connectivity index (χ4n) is 2.82. The number of nitrogens with zero attached hydrogens (tertiary/aromatic N) is 4. The minimum absolute atomic E-state index is 0.0807. The summed E-state index contributed by atoms with van der Waals surface area (Å²) in [6.07, 6.45) is 5.27. The lowest BCUT2D eigenvalue weighted by Crippen LogP contribution is -2.43. The molecule has 0 atom stereocenters. The highest BCUT2D eigenvalue weighted by Crippen LogP contribution is 2.24. The van der Waals surface area contributed by atoms with E-state index in [9.17, 15) is 13.2 Å². The maximum Gasteiger partial charge on any atom is 0.259 e. The van der Waals surface area contributed by atoms with Gasteiger partial charge < -0.3 is 14.0 Å². The van der Waals surface area contributed by atoms with Crippen molar-refractivity contribution >= 4 is 15.7 Å². The summed E-state index contributed by atoms with van der Waals surface area (Å²) in [4.78, 5) is 18.0. The number of piperidine rings is 1. The van der Waals surface area contributed by atoms with Crippen LogP contribution in [0.4, 0.5) is 0 Å². The van der Waals surface area contributed by atoms with Crippen LogP contribution < -0.4 is 0 Å². The Morgan fingerprint density at radius 2 is 2.04 bits per heavy atom. The zero-order valence-electron chi connectivity index (χ0n) is 13.0. The summed E-state index contributed by atoms with van der Waals surface area (Å²) in [5.74, 6) is 0.300. The lowest BCUT2D eigenvalue weighted by molar-refractivity contribution is 0.0724. The van der Waals surface area contributed by atoms with E-state index in [1.54, 1.807) is 25.1 Å². The molecule has 2 aromatic heterocycles. The molecule has 0 spiro atoms. The van der Waals surface area contributed by atoms with Crippen LogP contribution in [0, 0.1) is 6.92 Å². The van der Waals surface area contributed by atoms with E-state index in [1.165, 1.54) is 17.0 Å². The molecule has 0 unspecified atom stereocenters. The summed E-state index contributed by atoms with van der Waals surface area (Å²) < 4.78 is 31.7. The Hall–Kier alpha value is -2.16. The van der Waals surface area contributed by atoms with E-state index in [2.05, 4.69) is 10.1 Å². The second-order valence-electron chi connectivity index (χ2n) is 5.65. The number of likely N-dealkylation sites (tertiary alicyclic amines) is 1. The van der Waals surface area contributed by atoms with Crippen LogP contribution in [0.5, 0.6) is 0 Å². The molecule has 0 radical (unpaired) electrons. The molecule has 124 valence electrons. The van der Waals surface area contributed by atoms with E-state index in [0.717, 1.165) is 0 Å². The molecule has 0 saturated carbocycles. The molecule has 9 heteroatoms. The third-order valence-electron chi connectivity index (χ3n) is 4.18.